The minimum Gasteiger partial charge on any atom is -0.339 e. The van der Waals surface area contributed by atoms with Gasteiger partial charge in [-0.25, -0.2) is 4.98 Å². The van der Waals surface area contributed by atoms with Gasteiger partial charge in [-0.05, 0) is 111 Å². The molecular weight excluding hydrogens is 741 g/mol. The highest BCUT2D eigenvalue weighted by atomic mass is 32.1. The average molecular weight is 779 g/mol. The molecule has 0 bridgehead atoms. The standard InChI is InChI=1S/C46H38N10OS/c1-26-10-16-34(17-11-26)50-43-39(24-47)30(5)42(44(52-43)51-35-18-12-27(2)13-19-35)54-55-45-40(25-48)41(32-14-20-33(21-15-32)49-31(6)57)46(58-45)56-53-36-22-29(4)37-9-7-8-28(3)38(37)23-36/h7-23H,1-6H3,(H,49,57)(H2,50,51,52). The molecule has 0 fully saturated rings. The number of benzene rings is 5. The van der Waals surface area contributed by atoms with Gasteiger partial charge >= 0.3 is 0 Å². The van der Waals surface area contributed by atoms with Crippen LogP contribution in [-0.2, 0) is 4.79 Å². The lowest BCUT2D eigenvalue weighted by Gasteiger charge is -2.16. The topological polar surface area (TPSA) is 163 Å². The van der Waals surface area contributed by atoms with Gasteiger partial charge in [0.1, 0.15) is 28.4 Å². The van der Waals surface area contributed by atoms with Crippen LogP contribution in [0.25, 0.3) is 21.9 Å². The largest absolute Gasteiger partial charge is 0.339 e. The van der Waals surface area contributed by atoms with Gasteiger partial charge in [0.15, 0.2) is 16.6 Å². The number of pyridine rings is 1. The summed E-state index contributed by atoms with van der Waals surface area (Å²) in [5, 5.41) is 52.2. The molecule has 11 nitrogen and oxygen atoms in total. The van der Waals surface area contributed by atoms with E-state index in [1.807, 2.05) is 99.6 Å². The second kappa shape index (κ2) is 16.7. The molecule has 2 aromatic heterocycles. The van der Waals surface area contributed by atoms with Crippen molar-refractivity contribution in [3.63, 3.8) is 0 Å². The summed E-state index contributed by atoms with van der Waals surface area (Å²) in [4.78, 5) is 16.6. The van der Waals surface area contributed by atoms with Crippen LogP contribution in [0, 0.1) is 57.3 Å². The van der Waals surface area contributed by atoms with Crippen LogP contribution in [-0.4, -0.2) is 10.9 Å². The van der Waals surface area contributed by atoms with Gasteiger partial charge in [-0.15, -0.1) is 20.5 Å². The molecule has 0 aliphatic heterocycles. The number of anilines is 5. The van der Waals surface area contributed by atoms with Crippen molar-refractivity contribution >= 4 is 78.1 Å². The van der Waals surface area contributed by atoms with Crippen molar-refractivity contribution in [1.82, 2.24) is 4.98 Å². The zero-order chi connectivity index (χ0) is 40.9. The Labute approximate surface area is 340 Å². The normalized spacial score (nSPS) is 11.2. The first-order valence-electron chi connectivity index (χ1n) is 18.4. The van der Waals surface area contributed by atoms with E-state index in [0.29, 0.717) is 61.0 Å². The number of nitrogens with one attached hydrogen (secondary N) is 3. The monoisotopic (exact) mass is 778 g/mol. The number of hydrogen-bond donors (Lipinski definition) is 3. The number of nitrogens with zero attached hydrogens (tertiary/aromatic N) is 7. The second-order valence-electron chi connectivity index (χ2n) is 13.9. The molecule has 1 amide bonds. The van der Waals surface area contributed by atoms with E-state index in [-0.39, 0.29) is 11.5 Å². The van der Waals surface area contributed by atoms with Gasteiger partial charge in [0.2, 0.25) is 5.91 Å². The van der Waals surface area contributed by atoms with E-state index in [2.05, 4.69) is 57.4 Å². The number of carbonyl (C=O) groups is 1. The molecule has 12 heteroatoms. The molecule has 284 valence electrons. The summed E-state index contributed by atoms with van der Waals surface area (Å²) in [5.74, 6) is 0.529. The summed E-state index contributed by atoms with van der Waals surface area (Å²) in [7, 11) is 0. The Bertz CT molecular complexity index is 2840. The van der Waals surface area contributed by atoms with Gasteiger partial charge in [-0.3, -0.25) is 4.79 Å². The van der Waals surface area contributed by atoms with E-state index in [9.17, 15) is 15.3 Å². The van der Waals surface area contributed by atoms with Crippen molar-refractivity contribution in [2.24, 2.45) is 20.5 Å². The van der Waals surface area contributed by atoms with Crippen molar-refractivity contribution < 1.29 is 4.79 Å². The van der Waals surface area contributed by atoms with Gasteiger partial charge in [-0.1, -0.05) is 77.1 Å². The Morgan fingerprint density at radius 2 is 1.24 bits per heavy atom. The third kappa shape index (κ3) is 8.33. The number of thiophene rings is 1. The van der Waals surface area contributed by atoms with Crippen LogP contribution in [0.2, 0.25) is 0 Å². The number of aromatic nitrogens is 1. The lowest BCUT2D eigenvalue weighted by atomic mass is 10.0. The highest BCUT2D eigenvalue weighted by Crippen LogP contribution is 2.49. The number of amides is 1. The Morgan fingerprint density at radius 3 is 1.86 bits per heavy atom. The van der Waals surface area contributed by atoms with E-state index >= 15 is 0 Å². The lowest BCUT2D eigenvalue weighted by molar-refractivity contribution is -0.114. The molecule has 0 aliphatic rings. The summed E-state index contributed by atoms with van der Waals surface area (Å²) >= 11 is 1.17. The third-order valence-corrected chi connectivity index (χ3v) is 10.5. The fourth-order valence-electron chi connectivity index (χ4n) is 6.48. The molecule has 0 spiro atoms. The summed E-state index contributed by atoms with van der Waals surface area (Å²) in [6.07, 6.45) is 0. The number of hydrogen-bond acceptors (Lipinski definition) is 11. The third-order valence-electron chi connectivity index (χ3n) is 9.53. The molecule has 7 aromatic rings. The SMILES string of the molecule is CC(=O)Nc1ccc(-c2c(N=Nc3cc(C)c4cccc(C)c4c3)sc(N=Nc3c(Nc4ccc(C)cc4)nc(Nc4ccc(C)cc4)c(C#N)c3C)c2C#N)cc1. The predicted octanol–water partition coefficient (Wildman–Crippen LogP) is 13.5. The van der Waals surface area contributed by atoms with Crippen molar-refractivity contribution in [3.05, 3.63) is 142 Å². The predicted molar refractivity (Wildman–Crippen MR) is 233 cm³/mol. The zero-order valence-electron chi connectivity index (χ0n) is 32.8. The zero-order valence-corrected chi connectivity index (χ0v) is 33.6. The van der Waals surface area contributed by atoms with Crippen LogP contribution in [0.5, 0.6) is 0 Å². The van der Waals surface area contributed by atoms with Gasteiger partial charge < -0.3 is 16.0 Å². The lowest BCUT2D eigenvalue weighted by Crippen LogP contribution is -2.05. The number of rotatable bonds is 10. The Kier molecular flexibility index (Phi) is 11.1. The molecule has 3 N–H and O–H groups in total. The van der Waals surface area contributed by atoms with Crippen LogP contribution in [0.3, 0.4) is 0 Å². The highest BCUT2D eigenvalue weighted by Gasteiger charge is 2.23. The molecule has 0 atom stereocenters. The Hall–Kier alpha value is -7.54. The van der Waals surface area contributed by atoms with Gasteiger partial charge in [0.25, 0.3) is 0 Å². The number of carbonyl (C=O) groups excluding carboxylic acids is 1. The first kappa shape index (κ1) is 38.7. The molecule has 5 aromatic carbocycles. The fraction of sp³-hybridized carbons (Fsp3) is 0.130. The maximum atomic E-state index is 11.7. The molecule has 0 aliphatic carbocycles. The molecule has 58 heavy (non-hydrogen) atoms. The molecule has 0 unspecified atom stereocenters. The summed E-state index contributed by atoms with van der Waals surface area (Å²) in [5.41, 5.74) is 9.83. The maximum Gasteiger partial charge on any atom is 0.221 e. The van der Waals surface area contributed by atoms with E-state index < -0.39 is 0 Å². The maximum absolute atomic E-state index is 11.7. The number of nitriles is 2. The van der Waals surface area contributed by atoms with Crippen molar-refractivity contribution in [2.45, 2.75) is 41.5 Å². The van der Waals surface area contributed by atoms with Gasteiger partial charge in [-0.2, -0.15) is 10.5 Å². The number of azo groups is 2. The molecule has 7 rings (SSSR count). The fourth-order valence-corrected chi connectivity index (χ4v) is 7.40. The van der Waals surface area contributed by atoms with Crippen LogP contribution in [0.15, 0.2) is 124 Å². The number of fused-ring (bicyclic) bond motifs is 1. The molecule has 0 saturated carbocycles. The van der Waals surface area contributed by atoms with Gasteiger partial charge in [0, 0.05) is 35.1 Å². The van der Waals surface area contributed by atoms with Crippen molar-refractivity contribution in [2.75, 3.05) is 16.0 Å². The average Bonchev–Trinajstić information content (AvgIpc) is 3.56. The smallest absolute Gasteiger partial charge is 0.221 e. The van der Waals surface area contributed by atoms with Crippen molar-refractivity contribution in [3.8, 4) is 23.3 Å². The van der Waals surface area contributed by atoms with E-state index in [1.54, 1.807) is 19.1 Å². The van der Waals surface area contributed by atoms with Gasteiger partial charge in [0.05, 0.1) is 11.3 Å². The molecular formula is C46H38N10OS. The molecule has 2 heterocycles. The second-order valence-corrected chi connectivity index (χ2v) is 14.9. The van der Waals surface area contributed by atoms with E-state index in [0.717, 1.165) is 44.4 Å². The summed E-state index contributed by atoms with van der Waals surface area (Å²) < 4.78 is 0. The molecule has 0 saturated heterocycles. The van der Waals surface area contributed by atoms with Crippen LogP contribution in [0.1, 0.15) is 45.9 Å². The Morgan fingerprint density at radius 1 is 0.638 bits per heavy atom. The van der Waals surface area contributed by atoms with Crippen LogP contribution < -0.4 is 16.0 Å². The minimum absolute atomic E-state index is 0.196. The number of aryl methyl sites for hydroxylation is 4. The van der Waals surface area contributed by atoms with Crippen LogP contribution in [0.4, 0.5) is 50.1 Å². The van der Waals surface area contributed by atoms with Crippen LogP contribution >= 0.6 is 11.3 Å². The van der Waals surface area contributed by atoms with Crippen molar-refractivity contribution in [1.29, 1.82) is 10.5 Å². The first-order valence-corrected chi connectivity index (χ1v) is 19.2. The summed E-state index contributed by atoms with van der Waals surface area (Å²) in [6.45, 7) is 11.4. The summed E-state index contributed by atoms with van der Waals surface area (Å²) in [6, 6.07) is 37.6. The quantitative estimate of drug-likeness (QED) is 0.117. The highest BCUT2D eigenvalue weighted by molar-refractivity contribution is 7.20. The minimum atomic E-state index is -0.196. The van der Waals surface area contributed by atoms with E-state index in [1.165, 1.54) is 18.3 Å². The Balaban J connectivity index is 1.36. The van der Waals surface area contributed by atoms with E-state index in [4.69, 9.17) is 15.2 Å². The first-order chi connectivity index (χ1) is 28.0. The molecule has 0 radical (unpaired) electrons.